The number of hydrogen-bond acceptors (Lipinski definition) is 3. The van der Waals surface area contributed by atoms with Crippen LogP contribution in [0.1, 0.15) is 17.4 Å². The summed E-state index contributed by atoms with van der Waals surface area (Å²) in [6.07, 6.45) is 3.43. The number of para-hydroxylation sites is 2. The fourth-order valence-electron chi connectivity index (χ4n) is 2.64. The number of imidazole rings is 1. The molecular weight excluding hydrogens is 335 g/mol. The van der Waals surface area contributed by atoms with Crippen LogP contribution in [0.3, 0.4) is 0 Å². The maximum absolute atomic E-state index is 13.3. The van der Waals surface area contributed by atoms with E-state index in [9.17, 15) is 9.18 Å². The van der Waals surface area contributed by atoms with Crippen LogP contribution in [0.25, 0.3) is 0 Å². The van der Waals surface area contributed by atoms with Crippen LogP contribution in [-0.2, 0) is 7.05 Å². The number of anilines is 1. The highest BCUT2D eigenvalue weighted by atomic mass is 19.1. The van der Waals surface area contributed by atoms with Crippen molar-refractivity contribution in [3.63, 3.8) is 0 Å². The van der Waals surface area contributed by atoms with Crippen LogP contribution in [0.4, 0.5) is 14.9 Å². The number of hydrogen-bond donors (Lipinski definition) is 2. The molecule has 0 aliphatic heterocycles. The lowest BCUT2D eigenvalue weighted by atomic mass is 10.1. The molecule has 134 valence electrons. The van der Waals surface area contributed by atoms with E-state index in [1.165, 1.54) is 19.2 Å². The Hall–Kier alpha value is -3.35. The van der Waals surface area contributed by atoms with Crippen molar-refractivity contribution >= 4 is 11.7 Å². The molecule has 0 saturated heterocycles. The first-order valence-corrected chi connectivity index (χ1v) is 8.01. The second-order valence-corrected chi connectivity index (χ2v) is 5.68. The highest BCUT2D eigenvalue weighted by Crippen LogP contribution is 2.24. The van der Waals surface area contributed by atoms with Gasteiger partial charge in [0.2, 0.25) is 0 Å². The Bertz CT molecular complexity index is 893. The zero-order valence-corrected chi connectivity index (χ0v) is 14.4. The monoisotopic (exact) mass is 354 g/mol. The predicted molar refractivity (Wildman–Crippen MR) is 96.6 cm³/mol. The lowest BCUT2D eigenvalue weighted by Crippen LogP contribution is -2.34. The third-order valence-electron chi connectivity index (χ3n) is 3.95. The summed E-state index contributed by atoms with van der Waals surface area (Å²) < 4.78 is 20.3. The van der Waals surface area contributed by atoms with Gasteiger partial charge < -0.3 is 19.9 Å². The molecule has 1 atom stereocenters. The maximum Gasteiger partial charge on any atom is 0.320 e. The van der Waals surface area contributed by atoms with E-state index in [-0.39, 0.29) is 5.82 Å². The molecule has 0 aliphatic carbocycles. The van der Waals surface area contributed by atoms with Crippen molar-refractivity contribution in [3.05, 3.63) is 78.1 Å². The number of urea groups is 1. The van der Waals surface area contributed by atoms with E-state index >= 15 is 0 Å². The lowest BCUT2D eigenvalue weighted by molar-refractivity contribution is 0.249. The molecular formula is C19H19FN4O2. The first-order valence-electron chi connectivity index (χ1n) is 8.01. The average Bonchev–Trinajstić information content (AvgIpc) is 3.07. The van der Waals surface area contributed by atoms with E-state index in [2.05, 4.69) is 15.6 Å². The molecule has 0 bridgehead atoms. The Morgan fingerprint density at radius 1 is 1.19 bits per heavy atom. The number of carbonyl (C=O) groups is 1. The van der Waals surface area contributed by atoms with Crippen molar-refractivity contribution in [1.82, 2.24) is 14.9 Å². The van der Waals surface area contributed by atoms with Gasteiger partial charge in [-0.3, -0.25) is 0 Å². The molecule has 0 fully saturated rings. The zero-order chi connectivity index (χ0) is 18.5. The first kappa shape index (κ1) is 17.5. The maximum atomic E-state index is 13.3. The second kappa shape index (κ2) is 7.69. The first-order chi connectivity index (χ1) is 12.6. The van der Waals surface area contributed by atoms with E-state index in [0.29, 0.717) is 17.3 Å². The predicted octanol–water partition coefficient (Wildman–Crippen LogP) is 3.48. The largest absolute Gasteiger partial charge is 0.495 e. The Morgan fingerprint density at radius 2 is 1.92 bits per heavy atom. The molecule has 6 nitrogen and oxygen atoms in total. The van der Waals surface area contributed by atoms with Gasteiger partial charge in [-0.25, -0.2) is 14.2 Å². The van der Waals surface area contributed by atoms with Gasteiger partial charge in [0.25, 0.3) is 0 Å². The van der Waals surface area contributed by atoms with Crippen molar-refractivity contribution in [2.75, 3.05) is 12.4 Å². The third kappa shape index (κ3) is 3.83. The summed E-state index contributed by atoms with van der Waals surface area (Å²) in [4.78, 5) is 16.9. The highest BCUT2D eigenvalue weighted by Gasteiger charge is 2.21. The van der Waals surface area contributed by atoms with Crippen molar-refractivity contribution in [1.29, 1.82) is 0 Å². The number of aromatic nitrogens is 2. The highest BCUT2D eigenvalue weighted by molar-refractivity contribution is 5.91. The van der Waals surface area contributed by atoms with Gasteiger partial charge in [0.05, 0.1) is 12.8 Å². The number of carbonyl (C=O) groups excluding carboxylic acids is 1. The molecule has 1 aromatic heterocycles. The van der Waals surface area contributed by atoms with Crippen LogP contribution >= 0.6 is 0 Å². The summed E-state index contributed by atoms with van der Waals surface area (Å²) in [6, 6.07) is 12.1. The standard InChI is InChI=1S/C19H19FN4O2/c1-24-12-11-21-18(24)17(13-7-9-14(20)10-8-13)23-19(25)22-15-5-3-4-6-16(15)26-2/h3-12,17H,1-2H3,(H2,22,23,25). The molecule has 2 N–H and O–H groups in total. The topological polar surface area (TPSA) is 68.2 Å². The average molecular weight is 354 g/mol. The van der Waals surface area contributed by atoms with E-state index in [0.717, 1.165) is 5.56 Å². The van der Waals surface area contributed by atoms with E-state index < -0.39 is 12.1 Å². The normalized spacial score (nSPS) is 11.7. The molecule has 0 aliphatic rings. The summed E-state index contributed by atoms with van der Waals surface area (Å²) in [6.45, 7) is 0. The van der Waals surface area contributed by atoms with Crippen LogP contribution in [-0.4, -0.2) is 22.7 Å². The van der Waals surface area contributed by atoms with Gasteiger partial charge in [-0.05, 0) is 29.8 Å². The minimum Gasteiger partial charge on any atom is -0.495 e. The van der Waals surface area contributed by atoms with Crippen LogP contribution in [0.15, 0.2) is 60.9 Å². The quantitative estimate of drug-likeness (QED) is 0.737. The summed E-state index contributed by atoms with van der Waals surface area (Å²) in [5.74, 6) is 0.843. The second-order valence-electron chi connectivity index (χ2n) is 5.68. The third-order valence-corrected chi connectivity index (χ3v) is 3.95. The Labute approximate surface area is 150 Å². The number of nitrogens with zero attached hydrogens (tertiary/aromatic N) is 2. The molecule has 26 heavy (non-hydrogen) atoms. The number of benzene rings is 2. The van der Waals surface area contributed by atoms with Gasteiger partial charge in [-0.15, -0.1) is 0 Å². The number of methoxy groups -OCH3 is 1. The van der Waals surface area contributed by atoms with Crippen LogP contribution in [0.2, 0.25) is 0 Å². The van der Waals surface area contributed by atoms with E-state index in [1.54, 1.807) is 47.3 Å². The van der Waals surface area contributed by atoms with Crippen molar-refractivity contribution in [2.24, 2.45) is 7.05 Å². The molecule has 0 spiro atoms. The number of rotatable bonds is 5. The number of ether oxygens (including phenoxy) is 1. The number of halogens is 1. The number of amides is 2. The fourth-order valence-corrected chi connectivity index (χ4v) is 2.64. The summed E-state index contributed by atoms with van der Waals surface area (Å²) in [5, 5.41) is 5.65. The van der Waals surface area contributed by atoms with Gasteiger partial charge in [0.15, 0.2) is 0 Å². The van der Waals surface area contributed by atoms with Crippen molar-refractivity contribution in [3.8, 4) is 5.75 Å². The molecule has 2 amide bonds. The molecule has 0 radical (unpaired) electrons. The Morgan fingerprint density at radius 3 is 2.58 bits per heavy atom. The molecule has 0 saturated carbocycles. The molecule has 3 aromatic rings. The SMILES string of the molecule is COc1ccccc1NC(=O)NC(c1ccc(F)cc1)c1nccn1C. The number of aryl methyl sites for hydroxylation is 1. The zero-order valence-electron chi connectivity index (χ0n) is 14.4. The van der Waals surface area contributed by atoms with Gasteiger partial charge >= 0.3 is 6.03 Å². The summed E-state index contributed by atoms with van der Waals surface area (Å²) >= 11 is 0. The van der Waals surface area contributed by atoms with E-state index in [4.69, 9.17) is 4.74 Å². The van der Waals surface area contributed by atoms with Gasteiger partial charge in [0.1, 0.15) is 23.4 Å². The van der Waals surface area contributed by atoms with Crippen molar-refractivity contribution in [2.45, 2.75) is 6.04 Å². The summed E-state index contributed by atoms with van der Waals surface area (Å²) in [5.41, 5.74) is 1.26. The minimum absolute atomic E-state index is 0.342. The van der Waals surface area contributed by atoms with Crippen LogP contribution in [0, 0.1) is 5.82 Å². The molecule has 2 aromatic carbocycles. The van der Waals surface area contributed by atoms with Crippen LogP contribution < -0.4 is 15.4 Å². The van der Waals surface area contributed by atoms with Gasteiger partial charge in [-0.2, -0.15) is 0 Å². The lowest BCUT2D eigenvalue weighted by Gasteiger charge is -2.20. The molecule has 3 rings (SSSR count). The van der Waals surface area contributed by atoms with Gasteiger partial charge in [-0.1, -0.05) is 24.3 Å². The van der Waals surface area contributed by atoms with E-state index in [1.807, 2.05) is 13.1 Å². The summed E-state index contributed by atoms with van der Waals surface area (Å²) in [7, 11) is 3.37. The smallest absolute Gasteiger partial charge is 0.320 e. The molecule has 7 heteroatoms. The minimum atomic E-state index is -0.537. The van der Waals surface area contributed by atoms with Gasteiger partial charge in [0, 0.05) is 19.4 Å². The fraction of sp³-hybridized carbons (Fsp3) is 0.158. The van der Waals surface area contributed by atoms with Crippen LogP contribution in [0.5, 0.6) is 5.75 Å². The molecule has 1 heterocycles. The Balaban J connectivity index is 1.85. The molecule has 1 unspecified atom stereocenters. The number of nitrogens with one attached hydrogen (secondary N) is 2. The Kier molecular flexibility index (Phi) is 5.17. The van der Waals surface area contributed by atoms with Crippen molar-refractivity contribution < 1.29 is 13.9 Å².